The summed E-state index contributed by atoms with van der Waals surface area (Å²) >= 11 is 0. The zero-order valence-electron chi connectivity index (χ0n) is 15.1. The number of carbonyl (C=O) groups is 3. The van der Waals surface area contributed by atoms with Gasteiger partial charge in [0.25, 0.3) is 5.91 Å². The van der Waals surface area contributed by atoms with Crippen LogP contribution in [-0.2, 0) is 4.79 Å². The Bertz CT molecular complexity index is 815. The predicted octanol–water partition coefficient (Wildman–Crippen LogP) is 3.08. The van der Waals surface area contributed by atoms with Gasteiger partial charge in [-0.05, 0) is 45.0 Å². The van der Waals surface area contributed by atoms with Crippen molar-refractivity contribution in [2.75, 3.05) is 17.2 Å². The van der Waals surface area contributed by atoms with E-state index in [0.717, 1.165) is 0 Å². The normalized spacial score (nSPS) is 10.3. The molecule has 0 bridgehead atoms. The highest BCUT2D eigenvalue weighted by Gasteiger charge is 2.13. The first-order valence-corrected chi connectivity index (χ1v) is 8.42. The highest BCUT2D eigenvalue weighted by Crippen LogP contribution is 2.17. The average Bonchev–Trinajstić information content (AvgIpc) is 2.60. The average molecular weight is 353 g/mol. The summed E-state index contributed by atoms with van der Waals surface area (Å²) in [6.07, 6.45) is 0. The molecule has 0 aromatic heterocycles. The first-order chi connectivity index (χ1) is 12.4. The van der Waals surface area contributed by atoms with Gasteiger partial charge in [0.05, 0.1) is 17.8 Å². The number of para-hydroxylation sites is 2. The molecule has 0 aliphatic rings. The van der Waals surface area contributed by atoms with Crippen molar-refractivity contribution < 1.29 is 14.4 Å². The second-order valence-corrected chi connectivity index (χ2v) is 6.18. The van der Waals surface area contributed by atoms with Gasteiger partial charge < -0.3 is 16.0 Å². The number of anilines is 2. The van der Waals surface area contributed by atoms with Crippen LogP contribution in [0, 0.1) is 0 Å². The lowest BCUT2D eigenvalue weighted by Gasteiger charge is -2.14. The fraction of sp³-hybridized carbons (Fsp3) is 0.250. The van der Waals surface area contributed by atoms with Gasteiger partial charge in [-0.2, -0.15) is 0 Å². The Morgan fingerprint density at radius 1 is 0.885 bits per heavy atom. The molecular formula is C20H23N3O3. The number of benzene rings is 2. The number of amides is 2. The van der Waals surface area contributed by atoms with Gasteiger partial charge in [0.1, 0.15) is 0 Å². The first-order valence-electron chi connectivity index (χ1n) is 8.42. The van der Waals surface area contributed by atoms with Crippen molar-refractivity contribution in [1.82, 2.24) is 5.32 Å². The maximum atomic E-state index is 12.2. The van der Waals surface area contributed by atoms with E-state index >= 15 is 0 Å². The molecule has 2 aromatic carbocycles. The molecule has 136 valence electrons. The highest BCUT2D eigenvalue weighted by molar-refractivity contribution is 6.05. The topological polar surface area (TPSA) is 87.3 Å². The van der Waals surface area contributed by atoms with E-state index < -0.39 is 0 Å². The van der Waals surface area contributed by atoms with Crippen LogP contribution in [0.2, 0.25) is 0 Å². The van der Waals surface area contributed by atoms with Crippen molar-refractivity contribution in [3.8, 4) is 0 Å². The second-order valence-electron chi connectivity index (χ2n) is 6.18. The number of rotatable bonds is 7. The number of hydrogen-bond acceptors (Lipinski definition) is 4. The summed E-state index contributed by atoms with van der Waals surface area (Å²) in [5.41, 5.74) is 1.97. The zero-order valence-corrected chi connectivity index (χ0v) is 15.1. The Morgan fingerprint density at radius 2 is 1.46 bits per heavy atom. The third-order valence-electron chi connectivity index (χ3n) is 3.61. The summed E-state index contributed by atoms with van der Waals surface area (Å²) < 4.78 is 0. The maximum absolute atomic E-state index is 12.2. The van der Waals surface area contributed by atoms with E-state index in [9.17, 15) is 14.4 Å². The van der Waals surface area contributed by atoms with Crippen LogP contribution in [0.5, 0.6) is 0 Å². The third kappa shape index (κ3) is 5.17. The van der Waals surface area contributed by atoms with Crippen molar-refractivity contribution in [1.29, 1.82) is 0 Å². The van der Waals surface area contributed by atoms with E-state index in [-0.39, 0.29) is 30.2 Å². The van der Waals surface area contributed by atoms with Gasteiger partial charge in [-0.3, -0.25) is 14.4 Å². The second kappa shape index (κ2) is 8.80. The molecule has 0 unspecified atom stereocenters. The van der Waals surface area contributed by atoms with Crippen molar-refractivity contribution in [3.63, 3.8) is 0 Å². The van der Waals surface area contributed by atoms with Gasteiger partial charge >= 0.3 is 0 Å². The molecule has 6 nitrogen and oxygen atoms in total. The lowest BCUT2D eigenvalue weighted by atomic mass is 10.1. The minimum atomic E-state index is -0.308. The van der Waals surface area contributed by atoms with Crippen LogP contribution in [0.1, 0.15) is 41.5 Å². The van der Waals surface area contributed by atoms with E-state index in [1.165, 1.54) is 6.92 Å². The van der Waals surface area contributed by atoms with Crippen LogP contribution in [0.25, 0.3) is 0 Å². The largest absolute Gasteiger partial charge is 0.376 e. The third-order valence-corrected chi connectivity index (χ3v) is 3.61. The molecule has 6 heteroatoms. The molecule has 2 rings (SSSR count). The standard InChI is InChI=1S/C20H23N3O3/c1-13(2)22-20(26)16-9-5-6-10-17(16)21-12-19(25)23-18-11-7-4-8-15(18)14(3)24/h4-11,13,21H,12H2,1-3H3,(H,22,26)(H,23,25). The molecule has 0 atom stereocenters. The van der Waals surface area contributed by atoms with Crippen molar-refractivity contribution in [2.24, 2.45) is 0 Å². The lowest BCUT2D eigenvalue weighted by molar-refractivity contribution is -0.114. The molecule has 0 radical (unpaired) electrons. The van der Waals surface area contributed by atoms with Gasteiger partial charge in [0.2, 0.25) is 5.91 Å². The zero-order chi connectivity index (χ0) is 19.1. The fourth-order valence-corrected chi connectivity index (χ4v) is 2.44. The van der Waals surface area contributed by atoms with Crippen molar-refractivity contribution >= 4 is 29.0 Å². The molecule has 0 saturated heterocycles. The maximum Gasteiger partial charge on any atom is 0.253 e. The van der Waals surface area contributed by atoms with E-state index in [4.69, 9.17) is 0 Å². The predicted molar refractivity (Wildman–Crippen MR) is 103 cm³/mol. The summed E-state index contributed by atoms with van der Waals surface area (Å²) in [7, 11) is 0. The summed E-state index contributed by atoms with van der Waals surface area (Å²) in [6.45, 7) is 5.19. The van der Waals surface area contributed by atoms with Crippen LogP contribution in [0.15, 0.2) is 48.5 Å². The fourth-order valence-electron chi connectivity index (χ4n) is 2.44. The van der Waals surface area contributed by atoms with Crippen LogP contribution >= 0.6 is 0 Å². The molecule has 0 heterocycles. The molecule has 0 aliphatic heterocycles. The Labute approximate surface area is 153 Å². The molecule has 2 amide bonds. The Hall–Kier alpha value is -3.15. The van der Waals surface area contributed by atoms with Crippen LogP contribution < -0.4 is 16.0 Å². The van der Waals surface area contributed by atoms with E-state index in [0.29, 0.717) is 22.5 Å². The van der Waals surface area contributed by atoms with E-state index in [1.54, 1.807) is 48.5 Å². The van der Waals surface area contributed by atoms with Gasteiger partial charge in [0, 0.05) is 17.3 Å². The monoisotopic (exact) mass is 353 g/mol. The molecule has 0 fully saturated rings. The number of carbonyl (C=O) groups excluding carboxylic acids is 3. The molecule has 0 aliphatic carbocycles. The number of nitrogens with one attached hydrogen (secondary N) is 3. The van der Waals surface area contributed by atoms with Crippen molar-refractivity contribution in [3.05, 3.63) is 59.7 Å². The summed E-state index contributed by atoms with van der Waals surface area (Å²) in [6, 6.07) is 13.8. The summed E-state index contributed by atoms with van der Waals surface area (Å²) in [5.74, 6) is -0.632. The number of hydrogen-bond donors (Lipinski definition) is 3. The van der Waals surface area contributed by atoms with Crippen LogP contribution in [0.3, 0.4) is 0 Å². The summed E-state index contributed by atoms with van der Waals surface area (Å²) in [5, 5.41) is 8.53. The SMILES string of the molecule is CC(=O)c1ccccc1NC(=O)CNc1ccccc1C(=O)NC(C)C. The minimum Gasteiger partial charge on any atom is -0.376 e. The van der Waals surface area contributed by atoms with Crippen LogP contribution in [-0.4, -0.2) is 30.2 Å². The Balaban J connectivity index is 2.05. The lowest BCUT2D eigenvalue weighted by Crippen LogP contribution is -2.31. The smallest absolute Gasteiger partial charge is 0.253 e. The molecule has 0 saturated carbocycles. The van der Waals surface area contributed by atoms with Gasteiger partial charge in [-0.15, -0.1) is 0 Å². The number of ketones is 1. The molecular weight excluding hydrogens is 330 g/mol. The minimum absolute atomic E-state index is 0.0157. The highest BCUT2D eigenvalue weighted by atomic mass is 16.2. The Morgan fingerprint density at radius 3 is 2.08 bits per heavy atom. The van der Waals surface area contributed by atoms with E-state index in [2.05, 4.69) is 16.0 Å². The molecule has 2 aromatic rings. The quantitative estimate of drug-likeness (QED) is 0.668. The van der Waals surface area contributed by atoms with Gasteiger partial charge in [0.15, 0.2) is 5.78 Å². The Kier molecular flexibility index (Phi) is 6.49. The van der Waals surface area contributed by atoms with Gasteiger partial charge in [-0.25, -0.2) is 0 Å². The van der Waals surface area contributed by atoms with Crippen LogP contribution in [0.4, 0.5) is 11.4 Å². The molecule has 3 N–H and O–H groups in total. The summed E-state index contributed by atoms with van der Waals surface area (Å²) in [4.78, 5) is 36.1. The molecule has 0 spiro atoms. The first kappa shape index (κ1) is 19.2. The van der Waals surface area contributed by atoms with Gasteiger partial charge in [-0.1, -0.05) is 24.3 Å². The molecule has 26 heavy (non-hydrogen) atoms. The number of Topliss-reactive ketones (excluding diaryl/α,β-unsaturated/α-hetero) is 1. The van der Waals surface area contributed by atoms with Crippen molar-refractivity contribution in [2.45, 2.75) is 26.8 Å². The van der Waals surface area contributed by atoms with E-state index in [1.807, 2.05) is 13.8 Å².